The van der Waals surface area contributed by atoms with Crippen LogP contribution in [0.2, 0.25) is 0 Å². The van der Waals surface area contributed by atoms with E-state index in [2.05, 4.69) is 44.7 Å². The summed E-state index contributed by atoms with van der Waals surface area (Å²) in [5.74, 6) is 1.14. The van der Waals surface area contributed by atoms with Gasteiger partial charge in [0.2, 0.25) is 11.8 Å². The van der Waals surface area contributed by atoms with Gasteiger partial charge in [0.15, 0.2) is 0 Å². The molecule has 0 saturated heterocycles. The quantitative estimate of drug-likeness (QED) is 0.864. The van der Waals surface area contributed by atoms with Crippen LogP contribution in [0.3, 0.4) is 0 Å². The maximum Gasteiger partial charge on any atom is 0.226 e. The molecular formula is C10H14BrN3O. The Labute approximate surface area is 97.9 Å². The van der Waals surface area contributed by atoms with Gasteiger partial charge in [0, 0.05) is 23.3 Å². The number of halogens is 1. The van der Waals surface area contributed by atoms with E-state index in [0.717, 1.165) is 10.9 Å². The minimum Gasteiger partial charge on any atom is -0.478 e. The first kappa shape index (κ1) is 12.0. The topological polar surface area (TPSA) is 47.0 Å². The summed E-state index contributed by atoms with van der Waals surface area (Å²) < 4.78 is 6.23. The number of hydrogen-bond acceptors (Lipinski definition) is 4. The Kier molecular flexibility index (Phi) is 5.10. The molecule has 0 bridgehead atoms. The van der Waals surface area contributed by atoms with Crippen LogP contribution in [0.25, 0.3) is 0 Å². The molecule has 1 aromatic heterocycles. The van der Waals surface area contributed by atoms with Crippen molar-refractivity contribution < 1.29 is 4.74 Å². The molecule has 1 aromatic rings. The van der Waals surface area contributed by atoms with Gasteiger partial charge in [-0.1, -0.05) is 29.4 Å². The van der Waals surface area contributed by atoms with E-state index in [-0.39, 0.29) is 0 Å². The molecule has 0 radical (unpaired) electrons. The zero-order valence-electron chi connectivity index (χ0n) is 8.66. The minimum atomic E-state index is 0.546. The van der Waals surface area contributed by atoms with E-state index >= 15 is 0 Å². The predicted molar refractivity (Wildman–Crippen MR) is 64.4 cm³/mol. The summed E-state index contributed by atoms with van der Waals surface area (Å²) in [4.78, 5) is 8.23. The third-order valence-corrected chi connectivity index (χ3v) is 1.80. The molecule has 0 unspecified atom stereocenters. The lowest BCUT2D eigenvalue weighted by Crippen LogP contribution is -2.06. The van der Waals surface area contributed by atoms with Crippen LogP contribution in [0.4, 0.5) is 5.95 Å². The zero-order valence-corrected chi connectivity index (χ0v) is 10.2. The van der Waals surface area contributed by atoms with E-state index in [9.17, 15) is 0 Å². The zero-order chi connectivity index (χ0) is 11.1. The molecule has 1 N–H and O–H groups in total. The van der Waals surface area contributed by atoms with Crippen molar-refractivity contribution in [3.05, 3.63) is 23.3 Å². The van der Waals surface area contributed by atoms with Gasteiger partial charge < -0.3 is 10.1 Å². The maximum absolute atomic E-state index is 5.38. The van der Waals surface area contributed by atoms with Crippen LogP contribution >= 0.6 is 15.9 Å². The van der Waals surface area contributed by atoms with Crippen LogP contribution in [-0.2, 0) is 0 Å². The number of rotatable bonds is 6. The first-order valence-corrected chi connectivity index (χ1v) is 5.54. The molecule has 15 heavy (non-hydrogen) atoms. The van der Waals surface area contributed by atoms with E-state index in [1.54, 1.807) is 12.3 Å². The molecule has 0 atom stereocenters. The van der Waals surface area contributed by atoms with Gasteiger partial charge >= 0.3 is 0 Å². The third kappa shape index (κ3) is 4.78. The second-order valence-electron chi connectivity index (χ2n) is 2.94. The van der Waals surface area contributed by atoms with Crippen molar-refractivity contribution in [3.8, 4) is 5.88 Å². The molecule has 0 aromatic carbocycles. The summed E-state index contributed by atoms with van der Waals surface area (Å²) in [6.07, 6.45) is 2.63. The highest BCUT2D eigenvalue weighted by atomic mass is 79.9. The molecule has 1 heterocycles. The lowest BCUT2D eigenvalue weighted by molar-refractivity contribution is 0.305. The molecular weight excluding hydrogens is 258 g/mol. The van der Waals surface area contributed by atoms with Gasteiger partial charge in [-0.2, -0.15) is 4.98 Å². The summed E-state index contributed by atoms with van der Waals surface area (Å²) in [7, 11) is 0. The van der Waals surface area contributed by atoms with Crippen LogP contribution in [0, 0.1) is 0 Å². The van der Waals surface area contributed by atoms with Crippen LogP contribution in [-0.4, -0.2) is 23.1 Å². The van der Waals surface area contributed by atoms with E-state index < -0.39 is 0 Å². The first-order chi connectivity index (χ1) is 7.22. The van der Waals surface area contributed by atoms with E-state index in [1.165, 1.54) is 0 Å². The molecule has 0 amide bonds. The number of hydrogen-bond donors (Lipinski definition) is 1. The minimum absolute atomic E-state index is 0.546. The fourth-order valence-electron chi connectivity index (χ4n) is 0.889. The van der Waals surface area contributed by atoms with Crippen LogP contribution in [0.15, 0.2) is 23.3 Å². The Morgan fingerprint density at radius 2 is 2.47 bits per heavy atom. The standard InChI is InChI=1S/C10H14BrN3O/c1-3-6-15-9-4-5-12-10(14-9)13-7-8(2)11/h4-5H,2-3,6-7H2,1H3,(H,12,13,14). The van der Waals surface area contributed by atoms with Crippen molar-refractivity contribution in [2.75, 3.05) is 18.5 Å². The number of ether oxygens (including phenoxy) is 1. The second kappa shape index (κ2) is 6.40. The fourth-order valence-corrected chi connectivity index (χ4v) is 1.03. The van der Waals surface area contributed by atoms with Gasteiger partial charge in [-0.25, -0.2) is 4.98 Å². The molecule has 0 fully saturated rings. The number of aromatic nitrogens is 2. The van der Waals surface area contributed by atoms with E-state index in [0.29, 0.717) is 25.0 Å². The Hall–Kier alpha value is -1.10. The molecule has 0 spiro atoms. The lowest BCUT2D eigenvalue weighted by atomic mass is 10.5. The van der Waals surface area contributed by atoms with Gasteiger partial charge in [0.1, 0.15) is 0 Å². The van der Waals surface area contributed by atoms with Crippen molar-refractivity contribution in [2.45, 2.75) is 13.3 Å². The largest absolute Gasteiger partial charge is 0.478 e. The Morgan fingerprint density at radius 3 is 3.13 bits per heavy atom. The third-order valence-electron chi connectivity index (χ3n) is 1.52. The van der Waals surface area contributed by atoms with Gasteiger partial charge in [0.25, 0.3) is 0 Å². The predicted octanol–water partition coefficient (Wildman–Crippen LogP) is 2.59. The van der Waals surface area contributed by atoms with Gasteiger partial charge in [0.05, 0.1) is 6.61 Å². The maximum atomic E-state index is 5.38. The Morgan fingerprint density at radius 1 is 1.67 bits per heavy atom. The van der Waals surface area contributed by atoms with Crippen LogP contribution in [0.5, 0.6) is 5.88 Å². The highest BCUT2D eigenvalue weighted by molar-refractivity contribution is 9.11. The van der Waals surface area contributed by atoms with Gasteiger partial charge in [-0.15, -0.1) is 0 Å². The summed E-state index contributed by atoms with van der Waals surface area (Å²) in [6, 6.07) is 1.74. The van der Waals surface area contributed by atoms with E-state index in [4.69, 9.17) is 4.74 Å². The molecule has 82 valence electrons. The van der Waals surface area contributed by atoms with Gasteiger partial charge in [-0.3, -0.25) is 0 Å². The Bertz CT molecular complexity index is 330. The molecule has 4 nitrogen and oxygen atoms in total. The van der Waals surface area contributed by atoms with Crippen LogP contribution < -0.4 is 10.1 Å². The molecule has 5 heteroatoms. The van der Waals surface area contributed by atoms with Crippen molar-refractivity contribution in [1.29, 1.82) is 0 Å². The molecule has 0 aliphatic rings. The van der Waals surface area contributed by atoms with Crippen molar-refractivity contribution in [2.24, 2.45) is 0 Å². The summed E-state index contributed by atoms with van der Waals surface area (Å²) >= 11 is 3.25. The van der Waals surface area contributed by atoms with E-state index in [1.807, 2.05) is 0 Å². The number of nitrogens with zero attached hydrogens (tertiary/aromatic N) is 2. The highest BCUT2D eigenvalue weighted by Gasteiger charge is 1.99. The lowest BCUT2D eigenvalue weighted by Gasteiger charge is -2.06. The highest BCUT2D eigenvalue weighted by Crippen LogP contribution is 2.09. The average Bonchev–Trinajstić information content (AvgIpc) is 2.24. The second-order valence-corrected chi connectivity index (χ2v) is 4.06. The van der Waals surface area contributed by atoms with Crippen molar-refractivity contribution in [1.82, 2.24) is 9.97 Å². The summed E-state index contributed by atoms with van der Waals surface area (Å²) in [5, 5.41) is 3.01. The molecule has 0 saturated carbocycles. The monoisotopic (exact) mass is 271 g/mol. The van der Waals surface area contributed by atoms with Crippen molar-refractivity contribution in [3.63, 3.8) is 0 Å². The number of anilines is 1. The summed E-state index contributed by atoms with van der Waals surface area (Å²) in [6.45, 7) is 7.02. The number of nitrogens with one attached hydrogen (secondary N) is 1. The SMILES string of the molecule is C=C(Br)CNc1nccc(OCCC)n1. The average molecular weight is 272 g/mol. The molecule has 1 rings (SSSR count). The fraction of sp³-hybridized carbons (Fsp3) is 0.400. The smallest absolute Gasteiger partial charge is 0.226 e. The normalized spacial score (nSPS) is 9.73. The molecule has 0 aliphatic heterocycles. The first-order valence-electron chi connectivity index (χ1n) is 4.75. The van der Waals surface area contributed by atoms with Gasteiger partial charge in [-0.05, 0) is 6.42 Å². The summed E-state index contributed by atoms with van der Waals surface area (Å²) in [5.41, 5.74) is 0. The van der Waals surface area contributed by atoms with Crippen LogP contribution in [0.1, 0.15) is 13.3 Å². The van der Waals surface area contributed by atoms with Crippen molar-refractivity contribution >= 4 is 21.9 Å². The Balaban J connectivity index is 2.53. The molecule has 0 aliphatic carbocycles.